The van der Waals surface area contributed by atoms with Crippen LogP contribution in [0.2, 0.25) is 0 Å². The van der Waals surface area contributed by atoms with Gasteiger partial charge in [-0.1, -0.05) is 20.8 Å². The minimum Gasteiger partial charge on any atom is -0.485 e. The smallest absolute Gasteiger partial charge is 0.336 e. The van der Waals surface area contributed by atoms with Crippen molar-refractivity contribution in [1.82, 2.24) is 0 Å². The molecule has 0 unspecified atom stereocenters. The Hall–Kier alpha value is -2.10. The maximum atomic E-state index is 11.9. The average molecular weight is 288 g/mol. The molecule has 0 N–H and O–H groups in total. The monoisotopic (exact) mass is 288 g/mol. The van der Waals surface area contributed by atoms with Crippen LogP contribution in [0, 0.1) is 19.3 Å². The van der Waals surface area contributed by atoms with E-state index in [1.54, 1.807) is 6.07 Å². The predicted octanol–water partition coefficient (Wildman–Crippen LogP) is 3.40. The van der Waals surface area contributed by atoms with E-state index in [2.05, 4.69) is 0 Å². The van der Waals surface area contributed by atoms with Gasteiger partial charge < -0.3 is 9.15 Å². The number of rotatable bonds is 3. The fraction of sp³-hybridized carbons (Fsp3) is 0.412. The Morgan fingerprint density at radius 2 is 1.90 bits per heavy atom. The first-order valence-corrected chi connectivity index (χ1v) is 6.90. The van der Waals surface area contributed by atoms with Gasteiger partial charge in [0.25, 0.3) is 0 Å². The summed E-state index contributed by atoms with van der Waals surface area (Å²) in [6, 6.07) is 5.11. The van der Waals surface area contributed by atoms with Crippen LogP contribution in [-0.4, -0.2) is 12.4 Å². The molecule has 0 bridgehead atoms. The molecule has 0 radical (unpaired) electrons. The molecule has 1 aromatic carbocycles. The lowest BCUT2D eigenvalue weighted by Gasteiger charge is -2.17. The molecule has 0 fully saturated rings. The molecule has 21 heavy (non-hydrogen) atoms. The summed E-state index contributed by atoms with van der Waals surface area (Å²) in [6.45, 7) is 9.26. The number of fused-ring (bicyclic) bond motifs is 1. The highest BCUT2D eigenvalue weighted by atomic mass is 16.5. The molecular formula is C17H20O4. The maximum absolute atomic E-state index is 11.9. The third-order valence-corrected chi connectivity index (χ3v) is 3.51. The number of ether oxygens (including phenoxy) is 1. The second-order valence-electron chi connectivity index (χ2n) is 6.28. The van der Waals surface area contributed by atoms with E-state index in [-0.39, 0.29) is 18.0 Å². The van der Waals surface area contributed by atoms with Crippen molar-refractivity contribution in [2.45, 2.75) is 34.6 Å². The van der Waals surface area contributed by atoms with Crippen molar-refractivity contribution in [2.24, 2.45) is 5.41 Å². The van der Waals surface area contributed by atoms with Gasteiger partial charge in [0.15, 0.2) is 5.78 Å². The molecule has 0 aliphatic rings. The average Bonchev–Trinajstić information content (AvgIpc) is 2.37. The highest BCUT2D eigenvalue weighted by molar-refractivity contribution is 5.86. The quantitative estimate of drug-likeness (QED) is 0.812. The minimum absolute atomic E-state index is 0.00585. The van der Waals surface area contributed by atoms with Crippen molar-refractivity contribution in [3.05, 3.63) is 39.7 Å². The van der Waals surface area contributed by atoms with Gasteiger partial charge >= 0.3 is 5.63 Å². The molecule has 2 rings (SSSR count). The van der Waals surface area contributed by atoms with Gasteiger partial charge in [-0.05, 0) is 31.5 Å². The summed E-state index contributed by atoms with van der Waals surface area (Å²) in [5.74, 6) is 0.585. The second kappa shape index (κ2) is 5.35. The standard InChI is InChI=1S/C17H20O4/c1-10-8-15(19)21-16-11(2)13(7-6-12(10)16)20-9-14(18)17(3,4)5/h6-8H,9H2,1-5H3. The van der Waals surface area contributed by atoms with E-state index in [0.29, 0.717) is 11.3 Å². The Morgan fingerprint density at radius 1 is 1.24 bits per heavy atom. The highest BCUT2D eigenvalue weighted by Gasteiger charge is 2.22. The van der Waals surface area contributed by atoms with Crippen LogP contribution in [0.15, 0.2) is 27.4 Å². The van der Waals surface area contributed by atoms with Crippen LogP contribution < -0.4 is 10.4 Å². The van der Waals surface area contributed by atoms with Crippen LogP contribution in [0.3, 0.4) is 0 Å². The third kappa shape index (κ3) is 3.15. The minimum atomic E-state index is -0.437. The van der Waals surface area contributed by atoms with Crippen LogP contribution in [-0.2, 0) is 4.79 Å². The van der Waals surface area contributed by atoms with Crippen LogP contribution in [0.25, 0.3) is 11.0 Å². The second-order valence-corrected chi connectivity index (χ2v) is 6.28. The van der Waals surface area contributed by atoms with Gasteiger partial charge in [0, 0.05) is 22.4 Å². The predicted molar refractivity (Wildman–Crippen MR) is 81.9 cm³/mol. The fourth-order valence-electron chi connectivity index (χ4n) is 2.02. The van der Waals surface area contributed by atoms with Gasteiger partial charge in [0.05, 0.1) is 0 Å². The Kier molecular flexibility index (Phi) is 3.90. The zero-order chi connectivity index (χ0) is 15.8. The Balaban J connectivity index is 2.37. The summed E-state index contributed by atoms with van der Waals surface area (Å²) >= 11 is 0. The van der Waals surface area contributed by atoms with E-state index in [1.165, 1.54) is 6.07 Å². The zero-order valence-electron chi connectivity index (χ0n) is 13.1. The van der Waals surface area contributed by atoms with E-state index in [1.807, 2.05) is 40.7 Å². The number of aryl methyl sites for hydroxylation is 2. The molecule has 0 saturated carbocycles. The van der Waals surface area contributed by atoms with Crippen molar-refractivity contribution >= 4 is 16.8 Å². The lowest BCUT2D eigenvalue weighted by molar-refractivity contribution is -0.128. The van der Waals surface area contributed by atoms with Gasteiger partial charge in [-0.2, -0.15) is 0 Å². The normalized spacial score (nSPS) is 11.7. The molecule has 2 aromatic rings. The third-order valence-electron chi connectivity index (χ3n) is 3.51. The number of benzene rings is 1. The van der Waals surface area contributed by atoms with Crippen LogP contribution in [0.4, 0.5) is 0 Å². The first kappa shape index (κ1) is 15.3. The molecule has 0 aliphatic carbocycles. The number of hydrogen-bond acceptors (Lipinski definition) is 4. The summed E-state index contributed by atoms with van der Waals surface area (Å²) in [5.41, 5.74) is 1.29. The van der Waals surface area contributed by atoms with Crippen molar-refractivity contribution in [3.8, 4) is 5.75 Å². The first-order chi connectivity index (χ1) is 9.70. The summed E-state index contributed by atoms with van der Waals surface area (Å²) in [5, 5.41) is 0.876. The van der Waals surface area contributed by atoms with Gasteiger partial charge in [-0.3, -0.25) is 4.79 Å². The van der Waals surface area contributed by atoms with Crippen molar-refractivity contribution in [3.63, 3.8) is 0 Å². The van der Waals surface area contributed by atoms with Crippen molar-refractivity contribution in [2.75, 3.05) is 6.61 Å². The van der Waals surface area contributed by atoms with E-state index in [4.69, 9.17) is 9.15 Å². The van der Waals surface area contributed by atoms with E-state index >= 15 is 0 Å². The molecule has 0 saturated heterocycles. The van der Waals surface area contributed by atoms with Gasteiger partial charge in [0.2, 0.25) is 0 Å². The van der Waals surface area contributed by atoms with E-state index < -0.39 is 5.41 Å². The molecule has 4 nitrogen and oxygen atoms in total. The zero-order valence-corrected chi connectivity index (χ0v) is 13.1. The molecule has 1 aromatic heterocycles. The number of carbonyl (C=O) groups excluding carboxylic acids is 1. The van der Waals surface area contributed by atoms with Gasteiger partial charge in [0.1, 0.15) is 17.9 Å². The first-order valence-electron chi connectivity index (χ1n) is 6.90. The lowest BCUT2D eigenvalue weighted by atomic mass is 9.91. The number of ketones is 1. The topological polar surface area (TPSA) is 56.5 Å². The molecule has 0 spiro atoms. The largest absolute Gasteiger partial charge is 0.485 e. The van der Waals surface area contributed by atoms with Crippen molar-refractivity contribution < 1.29 is 13.9 Å². The van der Waals surface area contributed by atoms with Crippen LogP contribution in [0.1, 0.15) is 31.9 Å². The van der Waals surface area contributed by atoms with Gasteiger partial charge in [-0.25, -0.2) is 4.79 Å². The van der Waals surface area contributed by atoms with E-state index in [9.17, 15) is 9.59 Å². The van der Waals surface area contributed by atoms with Crippen molar-refractivity contribution in [1.29, 1.82) is 0 Å². The Labute approximate surface area is 123 Å². The summed E-state index contributed by atoms with van der Waals surface area (Å²) in [6.07, 6.45) is 0. The van der Waals surface area contributed by atoms with Gasteiger partial charge in [-0.15, -0.1) is 0 Å². The van der Waals surface area contributed by atoms with E-state index in [0.717, 1.165) is 16.5 Å². The fourth-order valence-corrected chi connectivity index (χ4v) is 2.02. The summed E-state index contributed by atoms with van der Waals surface area (Å²) in [7, 11) is 0. The SMILES string of the molecule is Cc1cc(=O)oc2c(C)c(OCC(=O)C(C)(C)C)ccc12. The highest BCUT2D eigenvalue weighted by Crippen LogP contribution is 2.28. The number of hydrogen-bond donors (Lipinski definition) is 0. The summed E-state index contributed by atoms with van der Waals surface area (Å²) < 4.78 is 10.9. The lowest BCUT2D eigenvalue weighted by Crippen LogP contribution is -2.26. The molecule has 0 aliphatic heterocycles. The molecule has 4 heteroatoms. The number of carbonyl (C=O) groups is 1. The Bertz CT molecular complexity index is 748. The molecule has 112 valence electrons. The maximum Gasteiger partial charge on any atom is 0.336 e. The molecular weight excluding hydrogens is 268 g/mol. The summed E-state index contributed by atoms with van der Waals surface area (Å²) in [4.78, 5) is 23.4. The molecule has 1 heterocycles. The molecule has 0 amide bonds. The molecule has 0 atom stereocenters. The number of Topliss-reactive ketones (excluding diaryl/α,β-unsaturated/α-hetero) is 1. The van der Waals surface area contributed by atoms with Crippen LogP contribution >= 0.6 is 0 Å². The van der Waals surface area contributed by atoms with Crippen LogP contribution in [0.5, 0.6) is 5.75 Å². The Morgan fingerprint density at radius 3 is 2.52 bits per heavy atom.